The van der Waals surface area contributed by atoms with Crippen LogP contribution in [0.1, 0.15) is 63.7 Å². The molecule has 0 bridgehead atoms. The van der Waals surface area contributed by atoms with Gasteiger partial charge in [-0.25, -0.2) is 13.1 Å². The zero-order chi connectivity index (χ0) is 19.6. The molecular weight excluding hydrogens is 350 g/mol. The van der Waals surface area contributed by atoms with Gasteiger partial charge in [-0.2, -0.15) is 0 Å². The van der Waals surface area contributed by atoms with Crippen molar-refractivity contribution in [1.82, 2.24) is 10.0 Å². The van der Waals surface area contributed by atoms with E-state index < -0.39 is 10.0 Å². The van der Waals surface area contributed by atoms with E-state index >= 15 is 0 Å². The van der Waals surface area contributed by atoms with E-state index in [1.54, 1.807) is 13.8 Å². The second-order valence-corrected chi connectivity index (χ2v) is 9.16. The van der Waals surface area contributed by atoms with Gasteiger partial charge in [-0.15, -0.1) is 0 Å². The Labute approximate surface area is 158 Å². The lowest BCUT2D eigenvalue weighted by Gasteiger charge is -2.12. The minimum absolute atomic E-state index is 0.0465. The minimum Gasteiger partial charge on any atom is -0.385 e. The highest BCUT2D eigenvalue weighted by Gasteiger charge is 2.13. The zero-order valence-electron chi connectivity index (χ0n) is 16.3. The molecule has 148 valence electrons. The smallest absolute Gasteiger partial charge is 0.251 e. The minimum atomic E-state index is -3.15. The number of rotatable bonds is 12. The molecule has 3 N–H and O–H groups in total. The molecule has 0 aliphatic heterocycles. The maximum Gasteiger partial charge on any atom is 0.251 e. The number of hydrogen-bond donors (Lipinski definition) is 3. The lowest BCUT2D eigenvalue weighted by Crippen LogP contribution is -2.31. The number of anilines is 1. The number of carbonyl (C=O) groups excluding carboxylic acids is 1. The van der Waals surface area contributed by atoms with E-state index in [0.29, 0.717) is 12.1 Å². The van der Waals surface area contributed by atoms with Gasteiger partial charge in [-0.1, -0.05) is 13.3 Å². The molecule has 0 saturated carbocycles. The summed E-state index contributed by atoms with van der Waals surface area (Å²) in [6, 6.07) is 7.62. The van der Waals surface area contributed by atoms with E-state index in [4.69, 9.17) is 0 Å². The summed E-state index contributed by atoms with van der Waals surface area (Å²) in [5.74, 6) is -0.0465. The largest absolute Gasteiger partial charge is 0.385 e. The molecule has 1 atom stereocenters. The van der Waals surface area contributed by atoms with Gasteiger partial charge in [0.25, 0.3) is 5.91 Å². The highest BCUT2D eigenvalue weighted by atomic mass is 32.2. The predicted octanol–water partition coefficient (Wildman–Crippen LogP) is 3.12. The topological polar surface area (TPSA) is 87.3 Å². The van der Waals surface area contributed by atoms with Crippen LogP contribution in [0.25, 0.3) is 0 Å². The van der Waals surface area contributed by atoms with Gasteiger partial charge >= 0.3 is 0 Å². The summed E-state index contributed by atoms with van der Waals surface area (Å²) in [6.07, 6.45) is 3.63. The molecule has 1 aromatic rings. The van der Waals surface area contributed by atoms with Crippen LogP contribution in [0.3, 0.4) is 0 Å². The second kappa shape index (κ2) is 11.2. The molecule has 0 heterocycles. The number of amides is 1. The lowest BCUT2D eigenvalue weighted by molar-refractivity contribution is 0.0939. The van der Waals surface area contributed by atoms with Crippen LogP contribution >= 0.6 is 0 Å². The SMILES string of the molecule is CCC(C)NC(=O)c1ccc(NCCCCCNS(=O)(=O)C(C)C)cc1. The molecule has 7 heteroatoms. The number of unbranched alkanes of at least 4 members (excludes halogenated alkanes) is 2. The van der Waals surface area contributed by atoms with Crippen molar-refractivity contribution in [2.75, 3.05) is 18.4 Å². The van der Waals surface area contributed by atoms with E-state index in [0.717, 1.165) is 37.9 Å². The summed E-state index contributed by atoms with van der Waals surface area (Å²) in [5.41, 5.74) is 1.64. The van der Waals surface area contributed by atoms with Crippen LogP contribution in [-0.2, 0) is 10.0 Å². The first kappa shape index (κ1) is 22.4. The van der Waals surface area contributed by atoms with Gasteiger partial charge in [-0.3, -0.25) is 4.79 Å². The molecule has 0 aliphatic carbocycles. The number of benzene rings is 1. The summed E-state index contributed by atoms with van der Waals surface area (Å²) in [4.78, 5) is 12.0. The number of hydrogen-bond acceptors (Lipinski definition) is 4. The third-order valence-corrected chi connectivity index (χ3v) is 6.09. The van der Waals surface area contributed by atoms with Crippen LogP contribution in [0.2, 0.25) is 0 Å². The summed E-state index contributed by atoms with van der Waals surface area (Å²) in [5, 5.41) is 5.87. The van der Waals surface area contributed by atoms with Crippen molar-refractivity contribution in [3.05, 3.63) is 29.8 Å². The van der Waals surface area contributed by atoms with E-state index in [9.17, 15) is 13.2 Å². The summed E-state index contributed by atoms with van der Waals surface area (Å²) in [7, 11) is -3.15. The van der Waals surface area contributed by atoms with Gasteiger partial charge in [0.15, 0.2) is 0 Å². The van der Waals surface area contributed by atoms with Crippen LogP contribution < -0.4 is 15.4 Å². The molecule has 0 saturated heterocycles. The highest BCUT2D eigenvalue weighted by Crippen LogP contribution is 2.10. The molecule has 1 amide bonds. The molecule has 1 aromatic carbocycles. The fourth-order valence-corrected chi connectivity index (χ4v) is 2.95. The van der Waals surface area contributed by atoms with Crippen molar-refractivity contribution < 1.29 is 13.2 Å². The predicted molar refractivity (Wildman–Crippen MR) is 108 cm³/mol. The van der Waals surface area contributed by atoms with Crippen molar-refractivity contribution in [3.8, 4) is 0 Å². The summed E-state index contributed by atoms with van der Waals surface area (Å²) >= 11 is 0. The molecule has 1 rings (SSSR count). The van der Waals surface area contributed by atoms with Crippen LogP contribution in [0, 0.1) is 0 Å². The first-order valence-electron chi connectivity index (χ1n) is 9.39. The monoisotopic (exact) mass is 383 g/mol. The molecule has 0 spiro atoms. The molecule has 0 aliphatic rings. The van der Waals surface area contributed by atoms with Gasteiger partial charge < -0.3 is 10.6 Å². The van der Waals surface area contributed by atoms with E-state index in [1.807, 2.05) is 38.1 Å². The number of nitrogens with one attached hydrogen (secondary N) is 3. The van der Waals surface area contributed by atoms with Crippen LogP contribution in [0.4, 0.5) is 5.69 Å². The van der Waals surface area contributed by atoms with E-state index in [1.165, 1.54) is 0 Å². The van der Waals surface area contributed by atoms with Gasteiger partial charge in [-0.05, 0) is 64.3 Å². The van der Waals surface area contributed by atoms with Crippen LogP contribution in [0.5, 0.6) is 0 Å². The third-order valence-electron chi connectivity index (χ3n) is 4.24. The number of sulfonamides is 1. The normalized spacial score (nSPS) is 12.8. The van der Waals surface area contributed by atoms with Crippen LogP contribution in [0.15, 0.2) is 24.3 Å². The zero-order valence-corrected chi connectivity index (χ0v) is 17.2. The van der Waals surface area contributed by atoms with Crippen molar-refractivity contribution in [2.45, 2.75) is 64.7 Å². The van der Waals surface area contributed by atoms with Gasteiger partial charge in [0.2, 0.25) is 10.0 Å². The molecule has 26 heavy (non-hydrogen) atoms. The summed E-state index contributed by atoms with van der Waals surface area (Å²) < 4.78 is 25.8. The third kappa shape index (κ3) is 8.19. The van der Waals surface area contributed by atoms with E-state index in [2.05, 4.69) is 15.4 Å². The highest BCUT2D eigenvalue weighted by molar-refractivity contribution is 7.90. The van der Waals surface area contributed by atoms with E-state index in [-0.39, 0.29) is 17.2 Å². The van der Waals surface area contributed by atoms with Crippen molar-refractivity contribution in [3.63, 3.8) is 0 Å². The average Bonchev–Trinajstić information content (AvgIpc) is 2.61. The Morgan fingerprint density at radius 1 is 1.00 bits per heavy atom. The first-order chi connectivity index (χ1) is 12.3. The van der Waals surface area contributed by atoms with Gasteiger partial charge in [0.05, 0.1) is 5.25 Å². The fraction of sp³-hybridized carbons (Fsp3) is 0.632. The Balaban J connectivity index is 2.23. The molecular formula is C19H33N3O3S. The lowest BCUT2D eigenvalue weighted by atomic mass is 10.1. The van der Waals surface area contributed by atoms with Crippen LogP contribution in [-0.4, -0.2) is 38.7 Å². The number of carbonyl (C=O) groups is 1. The first-order valence-corrected chi connectivity index (χ1v) is 10.9. The molecule has 0 fully saturated rings. The maximum atomic E-state index is 12.0. The van der Waals surface area contributed by atoms with Crippen molar-refractivity contribution >= 4 is 21.6 Å². The molecule has 0 aromatic heterocycles. The Morgan fingerprint density at radius 3 is 2.19 bits per heavy atom. The fourth-order valence-electron chi connectivity index (χ4n) is 2.19. The Kier molecular flexibility index (Phi) is 9.65. The maximum absolute atomic E-state index is 12.0. The summed E-state index contributed by atoms with van der Waals surface area (Å²) in [6.45, 7) is 8.67. The Bertz CT molecular complexity index is 642. The van der Waals surface area contributed by atoms with Gasteiger partial charge in [0.1, 0.15) is 0 Å². The quantitative estimate of drug-likeness (QED) is 0.484. The Hall–Kier alpha value is -1.60. The standard InChI is InChI=1S/C19H33N3O3S/c1-5-16(4)22-19(23)17-9-11-18(12-10-17)20-13-7-6-8-14-21-26(24,25)15(2)3/h9-12,15-16,20-21H,5-8,13-14H2,1-4H3,(H,22,23). The average molecular weight is 384 g/mol. The van der Waals surface area contributed by atoms with Crippen molar-refractivity contribution in [2.24, 2.45) is 0 Å². The Morgan fingerprint density at radius 2 is 1.62 bits per heavy atom. The van der Waals surface area contributed by atoms with Crippen molar-refractivity contribution in [1.29, 1.82) is 0 Å². The second-order valence-electron chi connectivity index (χ2n) is 6.84. The molecule has 6 nitrogen and oxygen atoms in total. The molecule has 0 radical (unpaired) electrons. The van der Waals surface area contributed by atoms with Gasteiger partial charge in [0, 0.05) is 30.4 Å². The molecule has 1 unspecified atom stereocenters.